The third-order valence-electron chi connectivity index (χ3n) is 2.85. The number of hydrogen-bond acceptors (Lipinski definition) is 4. The fraction of sp³-hybridized carbons (Fsp3) is 0.308. The number of hydrogen-bond donors (Lipinski definition) is 1. The summed E-state index contributed by atoms with van der Waals surface area (Å²) in [6, 6.07) is 5.62. The topological polar surface area (TPSA) is 53.1 Å². The molecule has 0 spiro atoms. The number of methoxy groups -OCH3 is 1. The normalized spacial score (nSPS) is 10.7. The Hall–Kier alpha value is -1.33. The van der Waals surface area contributed by atoms with E-state index in [1.807, 2.05) is 32.2 Å². The molecule has 0 unspecified atom stereocenters. The summed E-state index contributed by atoms with van der Waals surface area (Å²) in [5.41, 5.74) is 8.53. The fourth-order valence-corrected chi connectivity index (χ4v) is 3.11. The standard InChI is InChI=1S/C13H16ClN3OS/c1-8-13(14)11(17(2)16-8)7-19-12-6-9(18-3)4-5-10(12)15/h4-6H,7,15H2,1-3H3. The van der Waals surface area contributed by atoms with Gasteiger partial charge in [-0.05, 0) is 25.1 Å². The highest BCUT2D eigenvalue weighted by atomic mass is 35.5. The van der Waals surface area contributed by atoms with Crippen LogP contribution in [0.2, 0.25) is 5.02 Å². The monoisotopic (exact) mass is 297 g/mol. The van der Waals surface area contributed by atoms with Gasteiger partial charge in [-0.1, -0.05) is 11.6 Å². The number of nitrogens with two attached hydrogens (primary N) is 1. The summed E-state index contributed by atoms with van der Waals surface area (Å²) < 4.78 is 7.01. The van der Waals surface area contributed by atoms with Crippen LogP contribution in [0.1, 0.15) is 11.4 Å². The number of thioether (sulfide) groups is 1. The molecule has 0 amide bonds. The zero-order valence-electron chi connectivity index (χ0n) is 11.1. The van der Waals surface area contributed by atoms with Crippen LogP contribution in [0, 0.1) is 6.92 Å². The first-order valence-corrected chi connectivity index (χ1v) is 7.13. The quantitative estimate of drug-likeness (QED) is 0.695. The van der Waals surface area contributed by atoms with E-state index in [4.69, 9.17) is 22.1 Å². The first-order valence-electron chi connectivity index (χ1n) is 5.77. The summed E-state index contributed by atoms with van der Waals surface area (Å²) in [5, 5.41) is 5.01. The molecule has 0 atom stereocenters. The van der Waals surface area contributed by atoms with Crippen LogP contribution in [-0.4, -0.2) is 16.9 Å². The molecular formula is C13H16ClN3OS. The SMILES string of the molecule is COc1ccc(N)c(SCc2c(Cl)c(C)nn2C)c1. The summed E-state index contributed by atoms with van der Waals surface area (Å²) in [6.07, 6.45) is 0. The van der Waals surface area contributed by atoms with Gasteiger partial charge in [0.1, 0.15) is 5.75 Å². The van der Waals surface area contributed by atoms with Crippen LogP contribution in [0.25, 0.3) is 0 Å². The molecule has 102 valence electrons. The minimum Gasteiger partial charge on any atom is -0.497 e. The molecule has 0 bridgehead atoms. The van der Waals surface area contributed by atoms with Crippen LogP contribution in [0.3, 0.4) is 0 Å². The van der Waals surface area contributed by atoms with Crippen LogP contribution in [0.4, 0.5) is 5.69 Å². The predicted molar refractivity (Wildman–Crippen MR) is 79.9 cm³/mol. The van der Waals surface area contributed by atoms with Gasteiger partial charge in [-0.15, -0.1) is 11.8 Å². The fourth-order valence-electron chi connectivity index (χ4n) is 1.75. The molecule has 0 saturated heterocycles. The van der Waals surface area contributed by atoms with Crippen molar-refractivity contribution in [2.45, 2.75) is 17.6 Å². The maximum atomic E-state index is 6.23. The van der Waals surface area contributed by atoms with Crippen molar-refractivity contribution < 1.29 is 4.74 Å². The van der Waals surface area contributed by atoms with Gasteiger partial charge in [0.2, 0.25) is 0 Å². The zero-order chi connectivity index (χ0) is 14.0. The lowest BCUT2D eigenvalue weighted by molar-refractivity contribution is 0.414. The molecular weight excluding hydrogens is 282 g/mol. The Morgan fingerprint density at radius 1 is 1.47 bits per heavy atom. The molecule has 1 aromatic carbocycles. The number of halogens is 1. The highest BCUT2D eigenvalue weighted by molar-refractivity contribution is 7.98. The van der Waals surface area contributed by atoms with Gasteiger partial charge in [-0.2, -0.15) is 5.10 Å². The molecule has 2 rings (SSSR count). The Labute approximate surface area is 121 Å². The number of nitrogens with zero attached hydrogens (tertiary/aromatic N) is 2. The van der Waals surface area contributed by atoms with E-state index < -0.39 is 0 Å². The van der Waals surface area contributed by atoms with E-state index in [2.05, 4.69) is 5.10 Å². The molecule has 2 N–H and O–H groups in total. The molecule has 6 heteroatoms. The van der Waals surface area contributed by atoms with Crippen molar-refractivity contribution in [1.82, 2.24) is 9.78 Å². The van der Waals surface area contributed by atoms with Crippen molar-refractivity contribution >= 4 is 29.1 Å². The minimum atomic E-state index is 0.716. The molecule has 19 heavy (non-hydrogen) atoms. The molecule has 0 saturated carbocycles. The van der Waals surface area contributed by atoms with Gasteiger partial charge in [0, 0.05) is 23.4 Å². The van der Waals surface area contributed by atoms with Crippen LogP contribution in [0.5, 0.6) is 5.75 Å². The Kier molecular flexibility index (Phi) is 4.27. The van der Waals surface area contributed by atoms with Gasteiger partial charge in [0.05, 0.1) is 23.5 Å². The minimum absolute atomic E-state index is 0.716. The Morgan fingerprint density at radius 3 is 2.79 bits per heavy atom. The Balaban J connectivity index is 2.18. The second-order valence-electron chi connectivity index (χ2n) is 4.16. The van der Waals surface area contributed by atoms with Gasteiger partial charge in [0.15, 0.2) is 0 Å². The van der Waals surface area contributed by atoms with Gasteiger partial charge in [-0.25, -0.2) is 0 Å². The second-order valence-corrected chi connectivity index (χ2v) is 5.56. The highest BCUT2D eigenvalue weighted by Crippen LogP contribution is 2.33. The van der Waals surface area contributed by atoms with Gasteiger partial charge >= 0.3 is 0 Å². The van der Waals surface area contributed by atoms with E-state index in [1.165, 1.54) is 0 Å². The van der Waals surface area contributed by atoms with E-state index >= 15 is 0 Å². The molecule has 0 fully saturated rings. The van der Waals surface area contributed by atoms with E-state index in [9.17, 15) is 0 Å². The Morgan fingerprint density at radius 2 is 2.21 bits per heavy atom. The van der Waals surface area contributed by atoms with Crippen LogP contribution >= 0.6 is 23.4 Å². The average molecular weight is 298 g/mol. The number of aromatic nitrogens is 2. The molecule has 1 heterocycles. The molecule has 0 aliphatic carbocycles. The number of ether oxygens (including phenoxy) is 1. The predicted octanol–water partition coefficient (Wildman–Crippen LogP) is 3.27. The lowest BCUT2D eigenvalue weighted by Crippen LogP contribution is -1.97. The molecule has 4 nitrogen and oxygen atoms in total. The summed E-state index contributed by atoms with van der Waals surface area (Å²) >= 11 is 7.85. The second kappa shape index (κ2) is 5.75. The number of benzene rings is 1. The van der Waals surface area contributed by atoms with Crippen LogP contribution < -0.4 is 10.5 Å². The van der Waals surface area contributed by atoms with Crippen molar-refractivity contribution in [3.63, 3.8) is 0 Å². The first kappa shape index (κ1) is 14.1. The van der Waals surface area contributed by atoms with E-state index in [0.29, 0.717) is 5.75 Å². The zero-order valence-corrected chi connectivity index (χ0v) is 12.7. The van der Waals surface area contributed by atoms with Crippen LogP contribution in [-0.2, 0) is 12.8 Å². The maximum absolute atomic E-state index is 6.23. The number of aryl methyl sites for hydroxylation is 2. The Bertz CT molecular complexity index is 598. The lowest BCUT2D eigenvalue weighted by atomic mass is 10.3. The third-order valence-corrected chi connectivity index (χ3v) is 4.42. The van der Waals surface area contributed by atoms with Gasteiger partial charge in [-0.3, -0.25) is 4.68 Å². The molecule has 0 aliphatic rings. The molecule has 2 aromatic rings. The van der Waals surface area contributed by atoms with E-state index in [0.717, 1.165) is 32.7 Å². The van der Waals surface area contributed by atoms with Crippen molar-refractivity contribution in [2.75, 3.05) is 12.8 Å². The smallest absolute Gasteiger partial charge is 0.120 e. The van der Waals surface area contributed by atoms with Gasteiger partial charge in [0.25, 0.3) is 0 Å². The highest BCUT2D eigenvalue weighted by Gasteiger charge is 2.12. The van der Waals surface area contributed by atoms with Crippen LogP contribution in [0.15, 0.2) is 23.1 Å². The first-order chi connectivity index (χ1) is 9.02. The van der Waals surface area contributed by atoms with E-state index in [1.54, 1.807) is 23.6 Å². The number of nitrogen functional groups attached to an aromatic ring is 1. The maximum Gasteiger partial charge on any atom is 0.120 e. The van der Waals surface area contributed by atoms with Crippen molar-refractivity contribution in [1.29, 1.82) is 0 Å². The lowest BCUT2D eigenvalue weighted by Gasteiger charge is -2.08. The summed E-state index contributed by atoms with van der Waals surface area (Å²) in [6.45, 7) is 1.90. The molecule has 0 aliphatic heterocycles. The van der Waals surface area contributed by atoms with Crippen molar-refractivity contribution in [2.24, 2.45) is 7.05 Å². The summed E-state index contributed by atoms with van der Waals surface area (Å²) in [7, 11) is 3.53. The average Bonchev–Trinajstić information content (AvgIpc) is 2.63. The number of rotatable bonds is 4. The molecule has 0 radical (unpaired) electrons. The summed E-state index contributed by atoms with van der Waals surface area (Å²) in [5.74, 6) is 1.51. The van der Waals surface area contributed by atoms with Crippen molar-refractivity contribution in [3.8, 4) is 5.75 Å². The summed E-state index contributed by atoms with van der Waals surface area (Å²) in [4.78, 5) is 0.981. The largest absolute Gasteiger partial charge is 0.497 e. The number of anilines is 1. The van der Waals surface area contributed by atoms with E-state index in [-0.39, 0.29) is 0 Å². The van der Waals surface area contributed by atoms with Crippen molar-refractivity contribution in [3.05, 3.63) is 34.6 Å². The molecule has 1 aromatic heterocycles. The van der Waals surface area contributed by atoms with Gasteiger partial charge < -0.3 is 10.5 Å². The third kappa shape index (κ3) is 2.98.